The van der Waals surface area contributed by atoms with Gasteiger partial charge in [0.15, 0.2) is 17.3 Å². The van der Waals surface area contributed by atoms with Crippen LogP contribution in [0.25, 0.3) is 17.1 Å². The van der Waals surface area contributed by atoms with Crippen LogP contribution in [0.4, 0.5) is 0 Å². The van der Waals surface area contributed by atoms with Crippen LogP contribution >= 0.6 is 0 Å². The molecular weight excluding hydrogens is 422 g/mol. The summed E-state index contributed by atoms with van der Waals surface area (Å²) in [5, 5.41) is 7.65. The molecule has 4 aromatic rings. The Morgan fingerprint density at radius 1 is 0.970 bits per heavy atom. The minimum absolute atomic E-state index is 0.287. The zero-order valence-corrected chi connectivity index (χ0v) is 18.9. The first-order chi connectivity index (χ1) is 16.0. The minimum Gasteiger partial charge on any atom is -0.493 e. The summed E-state index contributed by atoms with van der Waals surface area (Å²) < 4.78 is 23.4. The summed E-state index contributed by atoms with van der Waals surface area (Å²) in [6.07, 6.45) is 1.57. The quantitative estimate of drug-likeness (QED) is 0.423. The lowest BCUT2D eigenvalue weighted by Gasteiger charge is -2.19. The number of amides is 1. The molecule has 8 nitrogen and oxygen atoms in total. The third-order valence-corrected chi connectivity index (χ3v) is 5.25. The Bertz CT molecular complexity index is 1210. The molecule has 0 aliphatic rings. The van der Waals surface area contributed by atoms with Crippen molar-refractivity contribution in [2.24, 2.45) is 0 Å². The highest BCUT2D eigenvalue weighted by Crippen LogP contribution is 2.39. The Labute approximate surface area is 191 Å². The highest BCUT2D eigenvalue weighted by Gasteiger charge is 2.22. The van der Waals surface area contributed by atoms with Crippen LogP contribution in [0.5, 0.6) is 17.2 Å². The lowest BCUT2D eigenvalue weighted by Crippen LogP contribution is -2.28. The number of para-hydroxylation sites is 1. The predicted molar refractivity (Wildman–Crippen MR) is 123 cm³/mol. The number of nitrogens with one attached hydrogen (secondary N) is 1. The fourth-order valence-electron chi connectivity index (χ4n) is 3.56. The Hall–Kier alpha value is -4.20. The number of nitrogens with zero attached hydrogens (tertiary/aromatic N) is 2. The van der Waals surface area contributed by atoms with Gasteiger partial charge in [-0.1, -0.05) is 18.2 Å². The normalized spacial score (nSPS) is 11.6. The van der Waals surface area contributed by atoms with Gasteiger partial charge >= 0.3 is 0 Å². The van der Waals surface area contributed by atoms with E-state index in [1.165, 1.54) is 0 Å². The van der Waals surface area contributed by atoms with Crippen LogP contribution < -0.4 is 19.5 Å². The molecule has 2 aromatic heterocycles. The van der Waals surface area contributed by atoms with Crippen LogP contribution in [0.15, 0.2) is 71.3 Å². The molecule has 1 N–H and O–H groups in total. The summed E-state index contributed by atoms with van der Waals surface area (Å²) in [4.78, 5) is 13.3. The largest absolute Gasteiger partial charge is 0.493 e. The molecule has 4 rings (SSSR count). The molecule has 0 spiro atoms. The summed E-state index contributed by atoms with van der Waals surface area (Å²) >= 11 is 0. The van der Waals surface area contributed by atoms with Crippen molar-refractivity contribution in [2.75, 3.05) is 21.3 Å². The number of hydrogen-bond donors (Lipinski definition) is 1. The van der Waals surface area contributed by atoms with E-state index in [-0.39, 0.29) is 11.9 Å². The predicted octanol–water partition coefficient (Wildman–Crippen LogP) is 4.65. The first kappa shape index (κ1) is 22.0. The lowest BCUT2D eigenvalue weighted by molar-refractivity contribution is 0.0932. The zero-order valence-electron chi connectivity index (χ0n) is 18.9. The van der Waals surface area contributed by atoms with Gasteiger partial charge < -0.3 is 23.9 Å². The van der Waals surface area contributed by atoms with Crippen LogP contribution in [0.2, 0.25) is 0 Å². The van der Waals surface area contributed by atoms with Gasteiger partial charge in [-0.3, -0.25) is 4.79 Å². The van der Waals surface area contributed by atoms with Crippen molar-refractivity contribution in [3.05, 3.63) is 78.2 Å². The zero-order chi connectivity index (χ0) is 23.4. The van der Waals surface area contributed by atoms with Crippen molar-refractivity contribution in [3.63, 3.8) is 0 Å². The number of furan rings is 1. The van der Waals surface area contributed by atoms with E-state index in [4.69, 9.17) is 18.6 Å². The number of carbonyl (C=O) groups excluding carboxylic acids is 1. The molecule has 2 heterocycles. The van der Waals surface area contributed by atoms with Crippen LogP contribution in [-0.4, -0.2) is 37.0 Å². The van der Waals surface area contributed by atoms with Gasteiger partial charge in [0.25, 0.3) is 5.91 Å². The topological polar surface area (TPSA) is 87.8 Å². The van der Waals surface area contributed by atoms with E-state index in [0.717, 1.165) is 11.3 Å². The second kappa shape index (κ2) is 9.52. The summed E-state index contributed by atoms with van der Waals surface area (Å²) in [5.41, 5.74) is 2.51. The molecule has 0 aliphatic carbocycles. The van der Waals surface area contributed by atoms with E-state index in [1.807, 2.05) is 49.4 Å². The van der Waals surface area contributed by atoms with E-state index in [9.17, 15) is 4.79 Å². The van der Waals surface area contributed by atoms with Crippen LogP contribution in [-0.2, 0) is 0 Å². The second-order valence-corrected chi connectivity index (χ2v) is 7.29. The van der Waals surface area contributed by atoms with Gasteiger partial charge in [-0.2, -0.15) is 5.10 Å². The van der Waals surface area contributed by atoms with Crippen molar-refractivity contribution < 1.29 is 23.4 Å². The second-order valence-electron chi connectivity index (χ2n) is 7.29. The molecule has 2 aromatic carbocycles. The number of aromatic nitrogens is 2. The van der Waals surface area contributed by atoms with Gasteiger partial charge in [0.2, 0.25) is 5.75 Å². The van der Waals surface area contributed by atoms with Crippen LogP contribution in [0, 0.1) is 0 Å². The molecule has 33 heavy (non-hydrogen) atoms. The Morgan fingerprint density at radius 3 is 2.24 bits per heavy atom. The SMILES string of the molecule is COc1cc(C(C)NC(=O)c2cc(-c3ccco3)nn2-c2ccccc2)cc(OC)c1OC. The molecule has 0 fully saturated rings. The maximum Gasteiger partial charge on any atom is 0.270 e. The Morgan fingerprint density at radius 2 is 1.67 bits per heavy atom. The highest BCUT2D eigenvalue weighted by molar-refractivity contribution is 5.94. The highest BCUT2D eigenvalue weighted by atomic mass is 16.5. The van der Waals surface area contributed by atoms with E-state index in [2.05, 4.69) is 10.4 Å². The minimum atomic E-state index is -0.350. The number of hydrogen-bond acceptors (Lipinski definition) is 6. The summed E-state index contributed by atoms with van der Waals surface area (Å²) in [5.74, 6) is 1.82. The number of carbonyl (C=O) groups is 1. The number of ether oxygens (including phenoxy) is 3. The smallest absolute Gasteiger partial charge is 0.270 e. The molecule has 1 unspecified atom stereocenters. The van der Waals surface area contributed by atoms with Crippen LogP contribution in [0.1, 0.15) is 29.0 Å². The van der Waals surface area contributed by atoms with Gasteiger partial charge in [-0.05, 0) is 48.9 Å². The summed E-state index contributed by atoms with van der Waals surface area (Å²) in [6.45, 7) is 1.88. The summed E-state index contributed by atoms with van der Waals surface area (Å²) in [7, 11) is 4.66. The monoisotopic (exact) mass is 447 g/mol. The Balaban J connectivity index is 1.67. The average Bonchev–Trinajstić information content (AvgIpc) is 3.53. The molecule has 0 saturated heterocycles. The van der Waals surface area contributed by atoms with Gasteiger partial charge in [0.1, 0.15) is 11.4 Å². The van der Waals surface area contributed by atoms with Crippen molar-refractivity contribution in [1.29, 1.82) is 0 Å². The molecule has 0 bridgehead atoms. The van der Waals surface area contributed by atoms with Crippen molar-refractivity contribution in [2.45, 2.75) is 13.0 Å². The third kappa shape index (κ3) is 4.41. The number of methoxy groups -OCH3 is 3. The molecule has 170 valence electrons. The molecule has 0 radical (unpaired) electrons. The standard InChI is InChI=1S/C25H25N3O5/c1-16(17-13-22(30-2)24(32-4)23(14-17)31-3)26-25(29)20-15-19(21-11-8-12-33-21)27-28(20)18-9-6-5-7-10-18/h5-16H,1-4H3,(H,26,29). The molecule has 0 saturated carbocycles. The van der Waals surface area contributed by atoms with Gasteiger partial charge in [0.05, 0.1) is 39.3 Å². The van der Waals surface area contributed by atoms with Crippen LogP contribution in [0.3, 0.4) is 0 Å². The van der Waals surface area contributed by atoms with Gasteiger partial charge in [-0.15, -0.1) is 0 Å². The molecule has 0 aliphatic heterocycles. The summed E-state index contributed by atoms with van der Waals surface area (Å²) in [6, 6.07) is 18.0. The van der Waals surface area contributed by atoms with E-state index in [0.29, 0.717) is 34.4 Å². The molecular formula is C25H25N3O5. The number of benzene rings is 2. The maximum atomic E-state index is 13.3. The van der Waals surface area contributed by atoms with E-state index in [1.54, 1.807) is 50.5 Å². The molecule has 8 heteroatoms. The Kier molecular flexibility index (Phi) is 6.35. The average molecular weight is 447 g/mol. The van der Waals surface area contributed by atoms with Crippen molar-refractivity contribution in [3.8, 4) is 34.4 Å². The van der Waals surface area contributed by atoms with E-state index >= 15 is 0 Å². The van der Waals surface area contributed by atoms with Gasteiger partial charge in [-0.25, -0.2) is 4.68 Å². The molecule has 1 amide bonds. The van der Waals surface area contributed by atoms with Crippen molar-refractivity contribution >= 4 is 5.91 Å². The first-order valence-corrected chi connectivity index (χ1v) is 10.4. The maximum absolute atomic E-state index is 13.3. The van der Waals surface area contributed by atoms with E-state index < -0.39 is 0 Å². The van der Waals surface area contributed by atoms with Crippen molar-refractivity contribution in [1.82, 2.24) is 15.1 Å². The third-order valence-electron chi connectivity index (χ3n) is 5.25. The first-order valence-electron chi connectivity index (χ1n) is 10.4. The fraction of sp³-hybridized carbons (Fsp3) is 0.200. The fourth-order valence-corrected chi connectivity index (χ4v) is 3.56. The molecule has 1 atom stereocenters. The van der Waals surface area contributed by atoms with Gasteiger partial charge in [0, 0.05) is 6.07 Å². The number of rotatable bonds is 8. The lowest BCUT2D eigenvalue weighted by atomic mass is 10.1.